The Morgan fingerprint density at radius 3 is 3.00 bits per heavy atom. The van der Waals surface area contributed by atoms with E-state index in [0.717, 1.165) is 43.8 Å². The van der Waals surface area contributed by atoms with Gasteiger partial charge in [0.2, 0.25) is 0 Å². The molecule has 1 atom stereocenters. The van der Waals surface area contributed by atoms with Gasteiger partial charge in [0.05, 0.1) is 18.1 Å². The van der Waals surface area contributed by atoms with Crippen LogP contribution in [-0.2, 0) is 6.42 Å². The van der Waals surface area contributed by atoms with Crippen LogP contribution in [0.3, 0.4) is 0 Å². The molecule has 116 valence electrons. The van der Waals surface area contributed by atoms with Gasteiger partial charge in [-0.05, 0) is 37.4 Å². The maximum absolute atomic E-state index is 5.96. The lowest BCUT2D eigenvalue weighted by Crippen LogP contribution is -2.31. The summed E-state index contributed by atoms with van der Waals surface area (Å²) in [6, 6.07) is 10.9. The fraction of sp³-hybridized carbons (Fsp3) is 0.389. The molecule has 0 bridgehead atoms. The average molecular weight is 305 g/mol. The number of nitrogens with zero attached hydrogens (tertiary/aromatic N) is 3. The summed E-state index contributed by atoms with van der Waals surface area (Å²) in [5.74, 6) is 0.812. The SMILES string of the molecule is [B]N1CCC[C@H]1COc1cncc(N2CCc3ccccc32)c1. The van der Waals surface area contributed by atoms with E-state index in [0.29, 0.717) is 12.6 Å². The van der Waals surface area contributed by atoms with Gasteiger partial charge in [0.15, 0.2) is 7.98 Å². The zero-order chi connectivity index (χ0) is 15.6. The predicted octanol–water partition coefficient (Wildman–Crippen LogP) is 2.70. The number of anilines is 2. The molecule has 2 aromatic rings. The van der Waals surface area contributed by atoms with E-state index in [1.165, 1.54) is 11.3 Å². The van der Waals surface area contributed by atoms with Gasteiger partial charge in [0.25, 0.3) is 0 Å². The van der Waals surface area contributed by atoms with Crippen molar-refractivity contribution in [3.05, 3.63) is 48.3 Å². The normalized spacial score (nSPS) is 20.7. The molecule has 3 heterocycles. The van der Waals surface area contributed by atoms with E-state index in [4.69, 9.17) is 12.7 Å². The van der Waals surface area contributed by atoms with Crippen LogP contribution in [0.2, 0.25) is 0 Å². The summed E-state index contributed by atoms with van der Waals surface area (Å²) >= 11 is 0. The monoisotopic (exact) mass is 305 g/mol. The standard InChI is InChI=1S/C18H20BN3O/c19-22-8-3-5-15(22)13-23-17-10-16(11-20-12-17)21-9-7-14-4-1-2-6-18(14)21/h1-2,4,6,10-12,15H,3,5,7-9,13H2/t15-/m0/s1. The third-order valence-corrected chi connectivity index (χ3v) is 4.76. The summed E-state index contributed by atoms with van der Waals surface area (Å²) in [5, 5.41) is 0. The highest BCUT2D eigenvalue weighted by atomic mass is 16.5. The molecule has 1 saturated heterocycles. The second kappa shape index (κ2) is 6.24. The molecule has 0 amide bonds. The highest BCUT2D eigenvalue weighted by Gasteiger charge is 2.22. The van der Waals surface area contributed by atoms with E-state index in [9.17, 15) is 0 Å². The van der Waals surface area contributed by atoms with Crippen molar-refractivity contribution in [3.63, 3.8) is 0 Å². The molecule has 23 heavy (non-hydrogen) atoms. The van der Waals surface area contributed by atoms with Crippen LogP contribution in [0.5, 0.6) is 5.75 Å². The van der Waals surface area contributed by atoms with Crippen LogP contribution in [0, 0.1) is 0 Å². The number of para-hydroxylation sites is 1. The smallest absolute Gasteiger partial charge is 0.183 e. The number of fused-ring (bicyclic) bond motifs is 1. The highest BCUT2D eigenvalue weighted by molar-refractivity contribution is 6.04. The van der Waals surface area contributed by atoms with Crippen molar-refractivity contribution < 1.29 is 4.74 Å². The Balaban J connectivity index is 1.49. The molecule has 4 nitrogen and oxygen atoms in total. The molecule has 0 N–H and O–H groups in total. The largest absolute Gasteiger partial charge is 0.490 e. The predicted molar refractivity (Wildman–Crippen MR) is 92.4 cm³/mol. The molecular formula is C18H20BN3O. The van der Waals surface area contributed by atoms with E-state index < -0.39 is 0 Å². The summed E-state index contributed by atoms with van der Waals surface area (Å²) in [5.41, 5.74) is 3.75. The second-order valence-corrected chi connectivity index (χ2v) is 6.25. The van der Waals surface area contributed by atoms with Crippen LogP contribution in [0.25, 0.3) is 0 Å². The lowest BCUT2D eigenvalue weighted by atomic mass is 10.2. The molecule has 0 spiro atoms. The van der Waals surface area contributed by atoms with Crippen LogP contribution in [-0.4, -0.2) is 43.5 Å². The number of hydrogen-bond acceptors (Lipinski definition) is 4. The van der Waals surface area contributed by atoms with Gasteiger partial charge >= 0.3 is 0 Å². The summed E-state index contributed by atoms with van der Waals surface area (Å²) < 4.78 is 5.94. The first-order chi connectivity index (χ1) is 11.3. The summed E-state index contributed by atoms with van der Waals surface area (Å²) in [6.45, 7) is 2.57. The van der Waals surface area contributed by atoms with Crippen molar-refractivity contribution in [2.45, 2.75) is 25.3 Å². The van der Waals surface area contributed by atoms with E-state index >= 15 is 0 Å². The fourth-order valence-corrected chi connectivity index (χ4v) is 3.47. The van der Waals surface area contributed by atoms with Gasteiger partial charge in [-0.15, -0.1) is 0 Å². The summed E-state index contributed by atoms with van der Waals surface area (Å²) in [7, 11) is 5.96. The van der Waals surface area contributed by atoms with Crippen molar-refractivity contribution >= 4 is 19.4 Å². The van der Waals surface area contributed by atoms with Gasteiger partial charge in [-0.2, -0.15) is 0 Å². The van der Waals surface area contributed by atoms with E-state index in [-0.39, 0.29) is 0 Å². The molecular weight excluding hydrogens is 285 g/mol. The zero-order valence-electron chi connectivity index (χ0n) is 13.2. The van der Waals surface area contributed by atoms with Crippen molar-refractivity contribution in [2.24, 2.45) is 0 Å². The van der Waals surface area contributed by atoms with Gasteiger partial charge in [0, 0.05) is 24.3 Å². The molecule has 0 unspecified atom stereocenters. The van der Waals surface area contributed by atoms with E-state index in [1.807, 2.05) is 11.0 Å². The molecule has 1 aromatic carbocycles. The van der Waals surface area contributed by atoms with Crippen molar-refractivity contribution in [2.75, 3.05) is 24.6 Å². The topological polar surface area (TPSA) is 28.6 Å². The Kier molecular flexibility index (Phi) is 3.96. The van der Waals surface area contributed by atoms with Crippen LogP contribution in [0.15, 0.2) is 42.7 Å². The van der Waals surface area contributed by atoms with Crippen molar-refractivity contribution in [3.8, 4) is 5.75 Å². The quantitative estimate of drug-likeness (QED) is 0.812. The van der Waals surface area contributed by atoms with Gasteiger partial charge < -0.3 is 14.4 Å². The second-order valence-electron chi connectivity index (χ2n) is 6.25. The molecule has 2 radical (unpaired) electrons. The first-order valence-corrected chi connectivity index (χ1v) is 8.26. The highest BCUT2D eigenvalue weighted by Crippen LogP contribution is 2.35. The molecule has 0 saturated carbocycles. The Morgan fingerprint density at radius 2 is 2.13 bits per heavy atom. The molecule has 2 aliphatic heterocycles. The molecule has 0 aliphatic carbocycles. The van der Waals surface area contributed by atoms with Crippen LogP contribution in [0.1, 0.15) is 18.4 Å². The van der Waals surface area contributed by atoms with Crippen molar-refractivity contribution in [1.82, 2.24) is 9.79 Å². The van der Waals surface area contributed by atoms with Gasteiger partial charge in [-0.3, -0.25) is 4.98 Å². The van der Waals surface area contributed by atoms with Gasteiger partial charge in [-0.25, -0.2) is 0 Å². The third kappa shape index (κ3) is 2.93. The number of ether oxygens (including phenoxy) is 1. The Hall–Kier alpha value is -2.01. The lowest BCUT2D eigenvalue weighted by Gasteiger charge is -2.22. The first kappa shape index (κ1) is 14.6. The minimum Gasteiger partial charge on any atom is -0.490 e. The van der Waals surface area contributed by atoms with E-state index in [1.54, 1.807) is 6.20 Å². The fourth-order valence-electron chi connectivity index (χ4n) is 3.47. The maximum Gasteiger partial charge on any atom is 0.183 e. The van der Waals surface area contributed by atoms with Gasteiger partial charge in [-0.1, -0.05) is 18.2 Å². The lowest BCUT2D eigenvalue weighted by molar-refractivity contribution is 0.236. The van der Waals surface area contributed by atoms with Crippen LogP contribution in [0.4, 0.5) is 11.4 Å². The van der Waals surface area contributed by atoms with Crippen LogP contribution < -0.4 is 9.64 Å². The number of pyridine rings is 1. The number of hydrogen-bond donors (Lipinski definition) is 0. The van der Waals surface area contributed by atoms with Crippen LogP contribution >= 0.6 is 0 Å². The minimum atomic E-state index is 0.311. The third-order valence-electron chi connectivity index (χ3n) is 4.76. The Labute approximate surface area is 138 Å². The number of aromatic nitrogens is 1. The molecule has 1 fully saturated rings. The maximum atomic E-state index is 5.96. The number of rotatable bonds is 4. The summed E-state index contributed by atoms with van der Waals surface area (Å²) in [4.78, 5) is 8.54. The average Bonchev–Trinajstić information content (AvgIpc) is 3.19. The zero-order valence-corrected chi connectivity index (χ0v) is 13.2. The summed E-state index contributed by atoms with van der Waals surface area (Å²) in [6.07, 6.45) is 7.00. The minimum absolute atomic E-state index is 0.311. The molecule has 5 heteroatoms. The first-order valence-electron chi connectivity index (χ1n) is 8.26. The Bertz CT molecular complexity index is 693. The Morgan fingerprint density at radius 1 is 1.22 bits per heavy atom. The van der Waals surface area contributed by atoms with Gasteiger partial charge in [0.1, 0.15) is 12.4 Å². The molecule has 2 aliphatic rings. The number of benzene rings is 1. The molecule has 1 aromatic heterocycles. The molecule has 4 rings (SSSR count). The van der Waals surface area contributed by atoms with E-state index in [2.05, 4.69) is 40.2 Å². The van der Waals surface area contributed by atoms with Crippen molar-refractivity contribution in [1.29, 1.82) is 0 Å².